The summed E-state index contributed by atoms with van der Waals surface area (Å²) < 4.78 is 6.86. The second kappa shape index (κ2) is 9.90. The van der Waals surface area contributed by atoms with Crippen LogP contribution in [0.25, 0.3) is 0 Å². The van der Waals surface area contributed by atoms with Crippen molar-refractivity contribution in [3.05, 3.63) is 46.2 Å². The van der Waals surface area contributed by atoms with Crippen molar-refractivity contribution in [1.82, 2.24) is 9.78 Å². The maximum atomic E-state index is 12.6. The number of halogens is 1. The SMILES string of the molecule is Cc1cc(C)n(CCC(=O)OCC(=O)N(CCC#N)c2ccc(Cl)c(C)c2)n1. The van der Waals surface area contributed by atoms with Crippen LogP contribution in [-0.4, -0.2) is 34.8 Å². The van der Waals surface area contributed by atoms with E-state index < -0.39 is 11.9 Å². The molecule has 1 heterocycles. The van der Waals surface area contributed by atoms with Gasteiger partial charge in [0, 0.05) is 22.9 Å². The first-order valence-corrected chi connectivity index (χ1v) is 9.29. The molecule has 28 heavy (non-hydrogen) atoms. The van der Waals surface area contributed by atoms with Gasteiger partial charge in [-0.1, -0.05) is 11.6 Å². The fraction of sp³-hybridized carbons (Fsp3) is 0.400. The van der Waals surface area contributed by atoms with Gasteiger partial charge in [-0.3, -0.25) is 14.3 Å². The lowest BCUT2D eigenvalue weighted by Gasteiger charge is -2.22. The van der Waals surface area contributed by atoms with Crippen LogP contribution in [0.4, 0.5) is 5.69 Å². The number of nitriles is 1. The summed E-state index contributed by atoms with van der Waals surface area (Å²) in [6.45, 7) is 5.84. The highest BCUT2D eigenvalue weighted by molar-refractivity contribution is 6.31. The lowest BCUT2D eigenvalue weighted by molar-refractivity contribution is -0.148. The molecule has 0 spiro atoms. The molecule has 7 nitrogen and oxygen atoms in total. The number of hydrogen-bond acceptors (Lipinski definition) is 5. The first-order valence-electron chi connectivity index (χ1n) is 8.92. The molecule has 0 radical (unpaired) electrons. The standard InChI is InChI=1S/C20H23ClN4O3/c1-14-11-17(5-6-18(14)21)24(9-4-8-22)19(26)13-28-20(27)7-10-25-16(3)12-15(2)23-25/h5-6,11-12H,4,7,9-10,13H2,1-3H3. The number of aryl methyl sites for hydroxylation is 4. The van der Waals surface area contributed by atoms with E-state index in [0.29, 0.717) is 17.3 Å². The highest BCUT2D eigenvalue weighted by Crippen LogP contribution is 2.23. The van der Waals surface area contributed by atoms with Gasteiger partial charge in [-0.2, -0.15) is 10.4 Å². The van der Waals surface area contributed by atoms with E-state index >= 15 is 0 Å². The Morgan fingerprint density at radius 2 is 2.04 bits per heavy atom. The predicted octanol–water partition coefficient (Wildman–Crippen LogP) is 3.34. The molecule has 2 aromatic rings. The second-order valence-corrected chi connectivity index (χ2v) is 6.86. The third kappa shape index (κ3) is 5.83. The zero-order valence-electron chi connectivity index (χ0n) is 16.2. The van der Waals surface area contributed by atoms with Crippen LogP contribution in [0.3, 0.4) is 0 Å². The summed E-state index contributed by atoms with van der Waals surface area (Å²) in [6.07, 6.45) is 0.284. The van der Waals surface area contributed by atoms with Gasteiger partial charge in [0.1, 0.15) is 0 Å². The quantitative estimate of drug-likeness (QED) is 0.632. The molecule has 0 aliphatic rings. The summed E-state index contributed by atoms with van der Waals surface area (Å²) >= 11 is 6.04. The molecule has 0 saturated carbocycles. The van der Waals surface area contributed by atoms with Gasteiger partial charge in [-0.15, -0.1) is 0 Å². The highest BCUT2D eigenvalue weighted by atomic mass is 35.5. The Morgan fingerprint density at radius 3 is 2.64 bits per heavy atom. The molecule has 0 saturated heterocycles. The van der Waals surface area contributed by atoms with Crippen LogP contribution >= 0.6 is 11.6 Å². The van der Waals surface area contributed by atoms with E-state index in [1.807, 2.05) is 32.9 Å². The van der Waals surface area contributed by atoms with Crippen LogP contribution in [-0.2, 0) is 20.9 Å². The average molecular weight is 403 g/mol. The molecule has 0 unspecified atom stereocenters. The molecular formula is C20H23ClN4O3. The van der Waals surface area contributed by atoms with Crippen LogP contribution in [0, 0.1) is 32.1 Å². The fourth-order valence-electron chi connectivity index (χ4n) is 2.75. The molecular weight excluding hydrogens is 380 g/mol. The van der Waals surface area contributed by atoms with Crippen molar-refractivity contribution in [3.63, 3.8) is 0 Å². The molecule has 0 atom stereocenters. The van der Waals surface area contributed by atoms with Crippen LogP contribution in [0.15, 0.2) is 24.3 Å². The van der Waals surface area contributed by atoms with Gasteiger partial charge in [0.25, 0.3) is 5.91 Å². The number of nitrogens with zero attached hydrogens (tertiary/aromatic N) is 4. The lowest BCUT2D eigenvalue weighted by Crippen LogP contribution is -2.35. The van der Waals surface area contributed by atoms with Gasteiger partial charge >= 0.3 is 5.97 Å². The Morgan fingerprint density at radius 1 is 1.29 bits per heavy atom. The van der Waals surface area contributed by atoms with Crippen molar-refractivity contribution in [2.75, 3.05) is 18.1 Å². The largest absolute Gasteiger partial charge is 0.455 e. The molecule has 0 fully saturated rings. The number of esters is 1. The Hall–Kier alpha value is -2.85. The van der Waals surface area contributed by atoms with E-state index in [-0.39, 0.29) is 26.0 Å². The number of carbonyl (C=O) groups is 2. The van der Waals surface area contributed by atoms with E-state index in [9.17, 15) is 9.59 Å². The number of amides is 1. The van der Waals surface area contributed by atoms with Crippen molar-refractivity contribution in [2.24, 2.45) is 0 Å². The molecule has 8 heteroatoms. The number of ether oxygens (including phenoxy) is 1. The molecule has 0 aliphatic heterocycles. The Bertz CT molecular complexity index is 901. The van der Waals surface area contributed by atoms with Gasteiger partial charge in [0.2, 0.25) is 0 Å². The van der Waals surface area contributed by atoms with Crippen molar-refractivity contribution < 1.29 is 14.3 Å². The van der Waals surface area contributed by atoms with Crippen LogP contribution in [0.5, 0.6) is 0 Å². The summed E-state index contributed by atoms with van der Waals surface area (Å²) in [5.41, 5.74) is 3.27. The molecule has 148 valence electrons. The first kappa shape index (κ1) is 21.5. The first-order chi connectivity index (χ1) is 13.3. The number of anilines is 1. The minimum absolute atomic E-state index is 0.119. The maximum absolute atomic E-state index is 12.6. The predicted molar refractivity (Wildman–Crippen MR) is 106 cm³/mol. The monoisotopic (exact) mass is 402 g/mol. The minimum Gasteiger partial charge on any atom is -0.455 e. The topological polar surface area (TPSA) is 88.2 Å². The number of carbonyl (C=O) groups excluding carboxylic acids is 2. The summed E-state index contributed by atoms with van der Waals surface area (Å²) in [4.78, 5) is 26.0. The molecule has 1 amide bonds. The van der Waals surface area contributed by atoms with E-state index in [2.05, 4.69) is 5.10 Å². The molecule has 0 N–H and O–H groups in total. The van der Waals surface area contributed by atoms with E-state index in [4.69, 9.17) is 21.6 Å². The molecule has 2 rings (SSSR count). The van der Waals surface area contributed by atoms with Gasteiger partial charge in [0.15, 0.2) is 6.61 Å². The van der Waals surface area contributed by atoms with E-state index in [1.54, 1.807) is 22.9 Å². The number of rotatable bonds is 8. The molecule has 1 aromatic carbocycles. The molecule has 0 aliphatic carbocycles. The average Bonchev–Trinajstić information content (AvgIpc) is 2.98. The number of aromatic nitrogens is 2. The Labute approximate surface area is 169 Å². The van der Waals surface area contributed by atoms with Crippen molar-refractivity contribution >= 4 is 29.2 Å². The summed E-state index contributed by atoms with van der Waals surface area (Å²) in [7, 11) is 0. The summed E-state index contributed by atoms with van der Waals surface area (Å²) in [6, 6.07) is 9.11. The minimum atomic E-state index is -0.478. The van der Waals surface area contributed by atoms with Crippen LogP contribution in [0.1, 0.15) is 29.8 Å². The maximum Gasteiger partial charge on any atom is 0.308 e. The third-order valence-electron chi connectivity index (χ3n) is 4.19. The van der Waals surface area contributed by atoms with Crippen LogP contribution < -0.4 is 4.90 Å². The van der Waals surface area contributed by atoms with E-state index in [1.165, 1.54) is 4.90 Å². The van der Waals surface area contributed by atoms with Gasteiger partial charge in [0.05, 0.1) is 31.1 Å². The molecule has 0 bridgehead atoms. The van der Waals surface area contributed by atoms with Crippen molar-refractivity contribution in [3.8, 4) is 6.07 Å². The normalized spacial score (nSPS) is 10.4. The molecule has 1 aromatic heterocycles. The number of benzene rings is 1. The van der Waals surface area contributed by atoms with E-state index in [0.717, 1.165) is 17.0 Å². The van der Waals surface area contributed by atoms with Crippen molar-refractivity contribution in [1.29, 1.82) is 5.26 Å². The number of hydrogen-bond donors (Lipinski definition) is 0. The van der Waals surface area contributed by atoms with Gasteiger partial charge in [-0.25, -0.2) is 0 Å². The van der Waals surface area contributed by atoms with Gasteiger partial charge in [-0.05, 0) is 50.6 Å². The Balaban J connectivity index is 1.94. The summed E-state index contributed by atoms with van der Waals surface area (Å²) in [5, 5.41) is 13.7. The third-order valence-corrected chi connectivity index (χ3v) is 4.61. The zero-order valence-corrected chi connectivity index (χ0v) is 17.0. The lowest BCUT2D eigenvalue weighted by atomic mass is 10.2. The highest BCUT2D eigenvalue weighted by Gasteiger charge is 2.18. The fourth-order valence-corrected chi connectivity index (χ4v) is 2.86. The second-order valence-electron chi connectivity index (χ2n) is 6.45. The van der Waals surface area contributed by atoms with Crippen molar-refractivity contribution in [2.45, 2.75) is 40.2 Å². The zero-order chi connectivity index (χ0) is 20.7. The summed E-state index contributed by atoms with van der Waals surface area (Å²) in [5.74, 6) is -0.871. The van der Waals surface area contributed by atoms with Crippen LogP contribution in [0.2, 0.25) is 5.02 Å². The smallest absolute Gasteiger partial charge is 0.308 e. The Kier molecular flexibility index (Phi) is 7.59. The van der Waals surface area contributed by atoms with Gasteiger partial charge < -0.3 is 9.64 Å².